The number of hydrogen-bond donors (Lipinski definition) is 1. The van der Waals surface area contributed by atoms with E-state index >= 15 is 0 Å². The van der Waals surface area contributed by atoms with E-state index in [0.29, 0.717) is 17.2 Å². The van der Waals surface area contributed by atoms with Crippen LogP contribution in [0.4, 0.5) is 5.69 Å². The van der Waals surface area contributed by atoms with Gasteiger partial charge < -0.3 is 19.2 Å². The third kappa shape index (κ3) is 3.12. The molecule has 20 heavy (non-hydrogen) atoms. The predicted molar refractivity (Wildman–Crippen MR) is 75.6 cm³/mol. The summed E-state index contributed by atoms with van der Waals surface area (Å²) in [5.74, 6) is 1.96. The van der Waals surface area contributed by atoms with Crippen LogP contribution >= 0.6 is 0 Å². The van der Waals surface area contributed by atoms with Gasteiger partial charge in [0.25, 0.3) is 5.91 Å². The first kappa shape index (κ1) is 14.0. The lowest BCUT2D eigenvalue weighted by Gasteiger charge is -2.09. The molecule has 1 aromatic carbocycles. The van der Waals surface area contributed by atoms with Gasteiger partial charge in [0.05, 0.1) is 14.2 Å². The molecule has 0 saturated carbocycles. The van der Waals surface area contributed by atoms with Crippen LogP contribution in [0.3, 0.4) is 0 Å². The van der Waals surface area contributed by atoms with Crippen molar-refractivity contribution in [3.63, 3.8) is 0 Å². The largest absolute Gasteiger partial charge is 0.497 e. The average Bonchev–Trinajstić information content (AvgIpc) is 2.95. The average molecular weight is 275 g/mol. The Morgan fingerprint density at radius 1 is 1.15 bits per heavy atom. The molecule has 0 bridgehead atoms. The van der Waals surface area contributed by atoms with Gasteiger partial charge in [0.15, 0.2) is 5.76 Å². The second kappa shape index (κ2) is 6.14. The number of amides is 1. The lowest BCUT2D eigenvalue weighted by Crippen LogP contribution is -2.11. The maximum atomic E-state index is 12.1. The van der Waals surface area contributed by atoms with E-state index in [2.05, 4.69) is 5.32 Å². The van der Waals surface area contributed by atoms with E-state index in [-0.39, 0.29) is 11.7 Å². The van der Waals surface area contributed by atoms with Gasteiger partial charge in [-0.3, -0.25) is 4.79 Å². The van der Waals surface area contributed by atoms with E-state index < -0.39 is 0 Å². The van der Waals surface area contributed by atoms with Gasteiger partial charge in [-0.15, -0.1) is 0 Å². The van der Waals surface area contributed by atoms with Crippen LogP contribution in [0.25, 0.3) is 0 Å². The van der Waals surface area contributed by atoms with Crippen LogP contribution in [0.1, 0.15) is 23.2 Å². The second-order valence-electron chi connectivity index (χ2n) is 4.17. The zero-order valence-corrected chi connectivity index (χ0v) is 11.7. The van der Waals surface area contributed by atoms with Crippen molar-refractivity contribution in [2.45, 2.75) is 13.3 Å². The molecule has 1 heterocycles. The molecule has 0 aliphatic heterocycles. The van der Waals surface area contributed by atoms with Crippen molar-refractivity contribution in [1.82, 2.24) is 0 Å². The van der Waals surface area contributed by atoms with E-state index in [1.165, 1.54) is 0 Å². The minimum atomic E-state index is -0.306. The van der Waals surface area contributed by atoms with Crippen molar-refractivity contribution in [1.29, 1.82) is 0 Å². The maximum Gasteiger partial charge on any atom is 0.291 e. The number of benzene rings is 1. The van der Waals surface area contributed by atoms with Crippen LogP contribution in [-0.4, -0.2) is 20.1 Å². The lowest BCUT2D eigenvalue weighted by atomic mass is 10.2. The molecule has 0 aliphatic rings. The number of methoxy groups -OCH3 is 2. The Labute approximate surface area is 117 Å². The van der Waals surface area contributed by atoms with E-state index in [0.717, 1.165) is 12.2 Å². The first-order valence-electron chi connectivity index (χ1n) is 6.29. The van der Waals surface area contributed by atoms with Crippen LogP contribution in [0.15, 0.2) is 34.7 Å². The number of hydrogen-bond acceptors (Lipinski definition) is 4. The summed E-state index contributed by atoms with van der Waals surface area (Å²) in [6.07, 6.45) is 0.750. The van der Waals surface area contributed by atoms with Crippen LogP contribution in [-0.2, 0) is 6.42 Å². The fraction of sp³-hybridized carbons (Fsp3) is 0.267. The molecule has 1 aromatic heterocycles. The number of aryl methyl sites for hydroxylation is 1. The molecule has 0 aliphatic carbocycles. The minimum Gasteiger partial charge on any atom is -0.497 e. The third-order valence-electron chi connectivity index (χ3n) is 2.84. The van der Waals surface area contributed by atoms with E-state index in [1.54, 1.807) is 44.6 Å². The Bertz CT molecular complexity index is 581. The molecule has 2 aromatic rings. The summed E-state index contributed by atoms with van der Waals surface area (Å²) in [7, 11) is 3.11. The highest BCUT2D eigenvalue weighted by atomic mass is 16.5. The summed E-state index contributed by atoms with van der Waals surface area (Å²) >= 11 is 0. The third-order valence-corrected chi connectivity index (χ3v) is 2.84. The first-order chi connectivity index (χ1) is 9.66. The maximum absolute atomic E-state index is 12.1. The molecule has 0 fully saturated rings. The molecule has 1 amide bonds. The fourth-order valence-corrected chi connectivity index (χ4v) is 1.76. The van der Waals surface area contributed by atoms with E-state index in [9.17, 15) is 4.79 Å². The molecule has 2 rings (SSSR count). The summed E-state index contributed by atoms with van der Waals surface area (Å²) < 4.78 is 15.7. The summed E-state index contributed by atoms with van der Waals surface area (Å²) in [5, 5.41) is 2.75. The predicted octanol–water partition coefficient (Wildman–Crippen LogP) is 3.11. The fourth-order valence-electron chi connectivity index (χ4n) is 1.76. The van der Waals surface area contributed by atoms with Gasteiger partial charge in [0.1, 0.15) is 17.3 Å². The highest BCUT2D eigenvalue weighted by Gasteiger charge is 2.12. The van der Waals surface area contributed by atoms with Gasteiger partial charge >= 0.3 is 0 Å². The molecule has 5 nitrogen and oxygen atoms in total. The van der Waals surface area contributed by atoms with Crippen molar-refractivity contribution in [3.05, 3.63) is 41.9 Å². The zero-order chi connectivity index (χ0) is 14.5. The van der Waals surface area contributed by atoms with Crippen molar-refractivity contribution < 1.29 is 18.7 Å². The normalized spacial score (nSPS) is 10.2. The van der Waals surface area contributed by atoms with Gasteiger partial charge in [-0.25, -0.2) is 0 Å². The highest BCUT2D eigenvalue weighted by molar-refractivity contribution is 6.02. The Kier molecular flexibility index (Phi) is 4.30. The monoisotopic (exact) mass is 275 g/mol. The molecule has 0 spiro atoms. The number of rotatable bonds is 5. The zero-order valence-electron chi connectivity index (χ0n) is 11.7. The highest BCUT2D eigenvalue weighted by Crippen LogP contribution is 2.26. The van der Waals surface area contributed by atoms with Crippen molar-refractivity contribution in [2.24, 2.45) is 0 Å². The number of nitrogens with one attached hydrogen (secondary N) is 1. The van der Waals surface area contributed by atoms with Crippen molar-refractivity contribution in [3.8, 4) is 11.5 Å². The Morgan fingerprint density at radius 2 is 1.80 bits per heavy atom. The number of ether oxygens (including phenoxy) is 2. The molecular weight excluding hydrogens is 258 g/mol. The molecular formula is C15H17NO4. The summed E-state index contributed by atoms with van der Waals surface area (Å²) in [4.78, 5) is 12.1. The van der Waals surface area contributed by atoms with Crippen LogP contribution in [0, 0.1) is 0 Å². The summed E-state index contributed by atoms with van der Waals surface area (Å²) in [5.41, 5.74) is 0.584. The van der Waals surface area contributed by atoms with Gasteiger partial charge in [0, 0.05) is 30.3 Å². The number of anilines is 1. The molecule has 1 N–H and O–H groups in total. The first-order valence-corrected chi connectivity index (χ1v) is 6.29. The molecule has 0 unspecified atom stereocenters. The smallest absolute Gasteiger partial charge is 0.291 e. The summed E-state index contributed by atoms with van der Waals surface area (Å²) in [6, 6.07) is 8.61. The SMILES string of the molecule is CCc1ccc(C(=O)Nc2cc(OC)cc(OC)c2)o1. The topological polar surface area (TPSA) is 60.7 Å². The molecule has 106 valence electrons. The second-order valence-corrected chi connectivity index (χ2v) is 4.17. The molecule has 5 heteroatoms. The number of furan rings is 1. The van der Waals surface area contributed by atoms with Crippen molar-refractivity contribution >= 4 is 11.6 Å². The number of carbonyl (C=O) groups is 1. The number of carbonyl (C=O) groups excluding carboxylic acids is 1. The lowest BCUT2D eigenvalue weighted by molar-refractivity contribution is 0.0995. The van der Waals surface area contributed by atoms with Crippen LogP contribution in [0.2, 0.25) is 0 Å². The van der Waals surface area contributed by atoms with E-state index in [1.807, 2.05) is 6.92 Å². The summed E-state index contributed by atoms with van der Waals surface area (Å²) in [6.45, 7) is 1.97. The Morgan fingerprint density at radius 3 is 2.30 bits per heavy atom. The minimum absolute atomic E-state index is 0.281. The molecule has 0 atom stereocenters. The van der Waals surface area contributed by atoms with E-state index in [4.69, 9.17) is 13.9 Å². The van der Waals surface area contributed by atoms with Gasteiger partial charge in [-0.1, -0.05) is 6.92 Å². The molecule has 0 saturated heterocycles. The van der Waals surface area contributed by atoms with Crippen LogP contribution in [0.5, 0.6) is 11.5 Å². The van der Waals surface area contributed by atoms with Crippen molar-refractivity contribution in [2.75, 3.05) is 19.5 Å². The standard InChI is InChI=1S/C15H17NO4/c1-4-11-5-6-14(20-11)15(17)16-10-7-12(18-2)9-13(8-10)19-3/h5-9H,4H2,1-3H3,(H,16,17). The Balaban J connectivity index is 2.18. The van der Waals surface area contributed by atoms with Gasteiger partial charge in [-0.2, -0.15) is 0 Å². The Hall–Kier alpha value is -2.43. The quantitative estimate of drug-likeness (QED) is 0.910. The molecule has 0 radical (unpaired) electrons. The van der Waals surface area contributed by atoms with Gasteiger partial charge in [0.2, 0.25) is 0 Å². The van der Waals surface area contributed by atoms with Gasteiger partial charge in [-0.05, 0) is 12.1 Å². The van der Waals surface area contributed by atoms with Crippen LogP contribution < -0.4 is 14.8 Å².